The molecule has 3 aromatic carbocycles. The predicted octanol–water partition coefficient (Wildman–Crippen LogP) is 3.24. The van der Waals surface area contributed by atoms with Crippen LogP contribution in [0, 0.1) is 6.07 Å². The van der Waals surface area contributed by atoms with Crippen LogP contribution in [-0.4, -0.2) is 18.7 Å². The lowest BCUT2D eigenvalue weighted by Gasteiger charge is -2.09. The minimum Gasteiger partial charge on any atom is -0.352 e. The van der Waals surface area contributed by atoms with Gasteiger partial charge in [-0.25, -0.2) is 0 Å². The van der Waals surface area contributed by atoms with E-state index in [1.54, 1.807) is 12.1 Å². The summed E-state index contributed by atoms with van der Waals surface area (Å²) in [7, 11) is 1.45. The number of carbonyl (C=O) groups excluding carboxylic acids is 2. The molecule has 0 aliphatic carbocycles. The summed E-state index contributed by atoms with van der Waals surface area (Å²) in [6.07, 6.45) is 0. The Morgan fingerprint density at radius 1 is 0.909 bits per heavy atom. The van der Waals surface area contributed by atoms with Crippen LogP contribution in [0.4, 0.5) is 0 Å². The Balaban J connectivity index is 2.14. The van der Waals surface area contributed by atoms with Crippen LogP contribution in [0.3, 0.4) is 0 Å². The van der Waals surface area contributed by atoms with Gasteiger partial charge in [0.15, 0.2) is 0 Å². The number of fused-ring (bicyclic) bond motifs is 1. The molecule has 3 heteroatoms. The highest BCUT2D eigenvalue weighted by Crippen LogP contribution is 2.27. The molecular weight excluding hydrogens is 274 g/mol. The molecular formula is C19H14NO2. The van der Waals surface area contributed by atoms with Crippen LogP contribution in [0.25, 0.3) is 21.9 Å². The lowest BCUT2D eigenvalue weighted by molar-refractivity contribution is -0.116. The normalized spacial score (nSPS) is 10.4. The summed E-state index contributed by atoms with van der Waals surface area (Å²) >= 11 is 0. The van der Waals surface area contributed by atoms with E-state index in [-0.39, 0.29) is 0 Å². The average Bonchev–Trinajstić information content (AvgIpc) is 2.60. The van der Waals surface area contributed by atoms with E-state index >= 15 is 0 Å². The standard InChI is InChI=1S/C19H14NO2/c1-20-19(22)18(21)17-9-5-4-8-16(17)15-11-10-13-6-2-3-7-14(13)12-15/h2-11H,1H3,(H,20,22). The van der Waals surface area contributed by atoms with Gasteiger partial charge in [0.05, 0.1) is 0 Å². The molecule has 3 nitrogen and oxygen atoms in total. The Morgan fingerprint density at radius 3 is 2.45 bits per heavy atom. The largest absolute Gasteiger partial charge is 0.352 e. The van der Waals surface area contributed by atoms with Gasteiger partial charge < -0.3 is 5.32 Å². The van der Waals surface area contributed by atoms with Crippen molar-refractivity contribution in [1.29, 1.82) is 0 Å². The molecule has 3 rings (SSSR count). The molecule has 3 aromatic rings. The number of hydrogen-bond donors (Lipinski definition) is 1. The minimum absolute atomic E-state index is 0.383. The van der Waals surface area contributed by atoms with E-state index in [0.717, 1.165) is 16.3 Å². The van der Waals surface area contributed by atoms with Gasteiger partial charge in [0.2, 0.25) is 0 Å². The highest BCUT2D eigenvalue weighted by atomic mass is 16.2. The molecule has 1 radical (unpaired) electrons. The van der Waals surface area contributed by atoms with Gasteiger partial charge in [-0.05, 0) is 28.0 Å². The minimum atomic E-state index is -0.617. The number of hydrogen-bond acceptors (Lipinski definition) is 2. The molecule has 22 heavy (non-hydrogen) atoms. The Bertz CT molecular complexity index is 868. The maximum absolute atomic E-state index is 12.2. The van der Waals surface area contributed by atoms with E-state index in [2.05, 4.69) is 11.4 Å². The molecule has 0 unspecified atom stereocenters. The topological polar surface area (TPSA) is 46.2 Å². The zero-order valence-corrected chi connectivity index (χ0v) is 12.1. The van der Waals surface area contributed by atoms with Gasteiger partial charge in [0.25, 0.3) is 11.7 Å². The van der Waals surface area contributed by atoms with Crippen LogP contribution in [-0.2, 0) is 4.79 Å². The molecule has 0 spiro atoms. The summed E-state index contributed by atoms with van der Waals surface area (Å²) in [6.45, 7) is 0. The van der Waals surface area contributed by atoms with Gasteiger partial charge in [-0.2, -0.15) is 0 Å². The fourth-order valence-electron chi connectivity index (χ4n) is 2.42. The Morgan fingerprint density at radius 2 is 1.64 bits per heavy atom. The molecule has 0 saturated carbocycles. The lowest BCUT2D eigenvalue weighted by Crippen LogP contribution is -2.27. The number of amides is 1. The molecule has 107 valence electrons. The molecule has 0 saturated heterocycles. The van der Waals surface area contributed by atoms with E-state index in [1.807, 2.05) is 48.5 Å². The van der Waals surface area contributed by atoms with Crippen molar-refractivity contribution in [1.82, 2.24) is 5.32 Å². The van der Waals surface area contributed by atoms with Crippen molar-refractivity contribution >= 4 is 22.5 Å². The second-order valence-electron chi connectivity index (χ2n) is 4.91. The first-order chi connectivity index (χ1) is 10.7. The predicted molar refractivity (Wildman–Crippen MR) is 86.6 cm³/mol. The summed E-state index contributed by atoms with van der Waals surface area (Å²) in [5.74, 6) is -1.16. The van der Waals surface area contributed by atoms with Crippen molar-refractivity contribution in [2.45, 2.75) is 0 Å². The number of likely N-dealkylation sites (N-methyl/N-ethyl adjacent to an activating group) is 1. The van der Waals surface area contributed by atoms with Crippen molar-refractivity contribution in [3.8, 4) is 11.1 Å². The summed E-state index contributed by atoms with van der Waals surface area (Å²) in [4.78, 5) is 23.8. The highest BCUT2D eigenvalue weighted by molar-refractivity contribution is 6.43. The van der Waals surface area contributed by atoms with E-state index in [0.29, 0.717) is 11.1 Å². The van der Waals surface area contributed by atoms with E-state index in [9.17, 15) is 9.59 Å². The van der Waals surface area contributed by atoms with Crippen LogP contribution < -0.4 is 5.32 Å². The van der Waals surface area contributed by atoms with Crippen LogP contribution in [0.2, 0.25) is 0 Å². The number of rotatable bonds is 3. The van der Waals surface area contributed by atoms with Gasteiger partial charge in [-0.3, -0.25) is 9.59 Å². The molecule has 0 heterocycles. The van der Waals surface area contributed by atoms with Crippen LogP contribution in [0.5, 0.6) is 0 Å². The van der Waals surface area contributed by atoms with E-state index in [4.69, 9.17) is 0 Å². The van der Waals surface area contributed by atoms with Crippen molar-refractivity contribution in [2.24, 2.45) is 0 Å². The molecule has 0 aliphatic rings. The first kappa shape index (κ1) is 14.0. The summed E-state index contributed by atoms with van der Waals surface area (Å²) < 4.78 is 0. The number of Topliss-reactive ketones (excluding diaryl/α,β-unsaturated/α-hetero) is 1. The molecule has 0 bridgehead atoms. The first-order valence-corrected chi connectivity index (χ1v) is 6.97. The van der Waals surface area contributed by atoms with Crippen LogP contribution in [0.15, 0.2) is 60.7 Å². The van der Waals surface area contributed by atoms with Gasteiger partial charge in [-0.1, -0.05) is 60.7 Å². The Labute approximate surface area is 128 Å². The monoisotopic (exact) mass is 288 g/mol. The maximum Gasteiger partial charge on any atom is 0.292 e. The lowest BCUT2D eigenvalue weighted by atomic mass is 9.95. The number of nitrogens with one attached hydrogen (secondary N) is 1. The molecule has 1 amide bonds. The van der Waals surface area contributed by atoms with Gasteiger partial charge in [0.1, 0.15) is 0 Å². The second kappa shape index (κ2) is 5.82. The highest BCUT2D eigenvalue weighted by Gasteiger charge is 2.18. The smallest absolute Gasteiger partial charge is 0.292 e. The van der Waals surface area contributed by atoms with Crippen molar-refractivity contribution < 1.29 is 9.59 Å². The molecule has 1 N–H and O–H groups in total. The fraction of sp³-hybridized carbons (Fsp3) is 0.0526. The Kier molecular flexibility index (Phi) is 3.71. The van der Waals surface area contributed by atoms with Gasteiger partial charge >= 0.3 is 0 Å². The van der Waals surface area contributed by atoms with Crippen molar-refractivity contribution in [3.05, 3.63) is 72.3 Å². The van der Waals surface area contributed by atoms with Crippen LogP contribution in [0.1, 0.15) is 10.4 Å². The zero-order valence-electron chi connectivity index (χ0n) is 12.1. The van der Waals surface area contributed by atoms with Gasteiger partial charge in [0, 0.05) is 12.6 Å². The number of carbonyl (C=O) groups is 2. The summed E-state index contributed by atoms with van der Waals surface area (Å²) in [6, 6.07) is 22.2. The third-order valence-electron chi connectivity index (χ3n) is 3.55. The fourth-order valence-corrected chi connectivity index (χ4v) is 2.42. The number of ketones is 1. The second-order valence-corrected chi connectivity index (χ2v) is 4.91. The van der Waals surface area contributed by atoms with Crippen molar-refractivity contribution in [3.63, 3.8) is 0 Å². The Hall–Kier alpha value is -2.94. The maximum atomic E-state index is 12.2. The first-order valence-electron chi connectivity index (χ1n) is 6.97. The summed E-state index contributed by atoms with van der Waals surface area (Å²) in [5.41, 5.74) is 1.89. The average molecular weight is 288 g/mol. The van der Waals surface area contributed by atoms with E-state index < -0.39 is 11.7 Å². The summed E-state index contributed by atoms with van der Waals surface area (Å²) in [5, 5.41) is 4.43. The van der Waals surface area contributed by atoms with Crippen molar-refractivity contribution in [2.75, 3.05) is 7.05 Å². The quantitative estimate of drug-likeness (QED) is 0.594. The third kappa shape index (κ3) is 2.49. The SMILES string of the molecule is CNC(=O)C(=O)c1ccccc1-c1[c]c2ccccc2cc1. The van der Waals surface area contributed by atoms with E-state index in [1.165, 1.54) is 7.05 Å². The zero-order chi connectivity index (χ0) is 15.5. The third-order valence-corrected chi connectivity index (χ3v) is 3.55. The molecule has 0 fully saturated rings. The molecule has 0 atom stereocenters. The molecule has 0 aliphatic heterocycles. The molecule has 0 aromatic heterocycles. The van der Waals surface area contributed by atoms with Gasteiger partial charge in [-0.15, -0.1) is 0 Å². The number of benzene rings is 3. The van der Waals surface area contributed by atoms with Crippen LogP contribution >= 0.6 is 0 Å².